The summed E-state index contributed by atoms with van der Waals surface area (Å²) in [6.07, 6.45) is -1.06. The zero-order valence-electron chi connectivity index (χ0n) is 14.9. The lowest BCUT2D eigenvalue weighted by Crippen LogP contribution is -2.34. The van der Waals surface area contributed by atoms with E-state index in [-0.39, 0.29) is 17.9 Å². The van der Waals surface area contributed by atoms with Crippen molar-refractivity contribution in [3.63, 3.8) is 0 Å². The molecular weight excluding hydrogens is 347 g/mol. The van der Waals surface area contributed by atoms with E-state index in [1.807, 2.05) is 19.2 Å². The van der Waals surface area contributed by atoms with Crippen LogP contribution in [-0.4, -0.2) is 25.5 Å². The predicted molar refractivity (Wildman–Crippen MR) is 88.4 cm³/mol. The maximum atomic E-state index is 13.0. The van der Waals surface area contributed by atoms with E-state index in [1.165, 1.54) is 4.68 Å². The molecule has 1 fully saturated rings. The Kier molecular flexibility index (Phi) is 4.81. The maximum absolute atomic E-state index is 13.0. The van der Waals surface area contributed by atoms with Gasteiger partial charge in [-0.15, -0.1) is 0 Å². The molecule has 1 aliphatic carbocycles. The Morgan fingerprint density at radius 3 is 2.58 bits per heavy atom. The topological polar surface area (TPSA) is 64.7 Å². The minimum atomic E-state index is -4.52. The zero-order chi connectivity index (χ0) is 19.1. The van der Waals surface area contributed by atoms with E-state index in [2.05, 4.69) is 15.5 Å². The number of rotatable bonds is 6. The van der Waals surface area contributed by atoms with Crippen LogP contribution in [0.25, 0.3) is 0 Å². The molecule has 0 aromatic carbocycles. The Bertz CT molecular complexity index is 791. The van der Waals surface area contributed by atoms with E-state index in [4.69, 9.17) is 0 Å². The van der Waals surface area contributed by atoms with Crippen LogP contribution in [0.15, 0.2) is 18.3 Å². The van der Waals surface area contributed by atoms with E-state index in [9.17, 15) is 18.0 Å². The highest BCUT2D eigenvalue weighted by Gasteiger charge is 2.39. The van der Waals surface area contributed by atoms with E-state index in [0.29, 0.717) is 11.4 Å². The van der Waals surface area contributed by atoms with Crippen LogP contribution < -0.4 is 5.32 Å². The van der Waals surface area contributed by atoms with Gasteiger partial charge < -0.3 is 5.32 Å². The smallest absolute Gasteiger partial charge is 0.346 e. The Morgan fingerprint density at radius 1 is 1.35 bits per heavy atom. The average molecular weight is 369 g/mol. The fourth-order valence-electron chi connectivity index (χ4n) is 2.85. The Hall–Kier alpha value is -2.32. The molecule has 0 spiro atoms. The summed E-state index contributed by atoms with van der Waals surface area (Å²) in [5, 5.41) is 10.8. The van der Waals surface area contributed by atoms with E-state index in [1.54, 1.807) is 18.5 Å². The maximum Gasteiger partial charge on any atom is 0.435 e. The molecule has 142 valence electrons. The van der Waals surface area contributed by atoms with Gasteiger partial charge in [-0.3, -0.25) is 14.2 Å². The van der Waals surface area contributed by atoms with Gasteiger partial charge in [0.1, 0.15) is 6.04 Å². The van der Waals surface area contributed by atoms with Crippen LogP contribution in [0.5, 0.6) is 0 Å². The molecule has 1 saturated carbocycles. The van der Waals surface area contributed by atoms with Crippen molar-refractivity contribution in [1.82, 2.24) is 24.9 Å². The van der Waals surface area contributed by atoms with Gasteiger partial charge in [-0.05, 0) is 45.7 Å². The van der Waals surface area contributed by atoms with Crippen LogP contribution in [0.1, 0.15) is 68.7 Å². The molecule has 2 atom stereocenters. The number of nitrogens with one attached hydrogen (secondary N) is 1. The van der Waals surface area contributed by atoms with Gasteiger partial charge in [0.25, 0.3) is 0 Å². The molecule has 2 aromatic rings. The van der Waals surface area contributed by atoms with Gasteiger partial charge in [0.2, 0.25) is 5.91 Å². The first-order valence-corrected chi connectivity index (χ1v) is 8.71. The molecule has 6 nitrogen and oxygen atoms in total. The lowest BCUT2D eigenvalue weighted by Gasteiger charge is -2.18. The summed E-state index contributed by atoms with van der Waals surface area (Å²) < 4.78 is 42.0. The summed E-state index contributed by atoms with van der Waals surface area (Å²) in [6.45, 7) is 6.03. The van der Waals surface area contributed by atoms with Gasteiger partial charge in [-0.25, -0.2) is 0 Å². The summed E-state index contributed by atoms with van der Waals surface area (Å²) >= 11 is 0. The Morgan fingerprint density at radius 2 is 2.04 bits per heavy atom. The summed E-state index contributed by atoms with van der Waals surface area (Å²) in [5.74, 6) is -0.339. The molecule has 0 bridgehead atoms. The average Bonchev–Trinajstić information content (AvgIpc) is 3.13. The minimum Gasteiger partial charge on any atom is -0.346 e. The first-order valence-electron chi connectivity index (χ1n) is 8.71. The third kappa shape index (κ3) is 3.76. The molecule has 0 radical (unpaired) electrons. The Balaban J connectivity index is 1.76. The van der Waals surface area contributed by atoms with Gasteiger partial charge in [0, 0.05) is 24.4 Å². The second-order valence-corrected chi connectivity index (χ2v) is 6.67. The van der Waals surface area contributed by atoms with Crippen molar-refractivity contribution in [2.45, 2.75) is 64.3 Å². The number of carbonyl (C=O) groups is 1. The SMILES string of the molecule is CCn1ccc(C(C)NC(=O)C(C)n2nc(C(F)(F)F)cc2C2CC2)n1. The molecule has 2 unspecified atom stereocenters. The van der Waals surface area contributed by atoms with Gasteiger partial charge in [-0.2, -0.15) is 23.4 Å². The normalized spacial score (nSPS) is 17.2. The quantitative estimate of drug-likeness (QED) is 0.848. The fourth-order valence-corrected chi connectivity index (χ4v) is 2.85. The highest BCUT2D eigenvalue weighted by molar-refractivity contribution is 5.80. The lowest BCUT2D eigenvalue weighted by atomic mass is 10.2. The first kappa shape index (κ1) is 18.5. The predicted octanol–water partition coefficient (Wildman–Crippen LogP) is 3.43. The third-order valence-electron chi connectivity index (χ3n) is 4.58. The second kappa shape index (κ2) is 6.77. The molecule has 1 aliphatic rings. The van der Waals surface area contributed by atoms with Gasteiger partial charge in [0.05, 0.1) is 11.7 Å². The summed E-state index contributed by atoms with van der Waals surface area (Å²) in [7, 11) is 0. The fraction of sp³-hybridized carbons (Fsp3) is 0.588. The standard InChI is InChI=1S/C17H22F3N5O/c1-4-24-8-7-13(22-24)10(2)21-16(26)11(3)25-14(12-5-6-12)9-15(23-25)17(18,19)20/h7-12H,4-6H2,1-3H3,(H,21,26). The molecule has 3 rings (SSSR count). The molecule has 1 amide bonds. The molecule has 0 saturated heterocycles. The molecule has 26 heavy (non-hydrogen) atoms. The number of halogens is 3. The largest absolute Gasteiger partial charge is 0.435 e. The monoisotopic (exact) mass is 369 g/mol. The minimum absolute atomic E-state index is 0.0477. The first-order chi connectivity index (χ1) is 12.2. The van der Waals surface area contributed by atoms with Crippen LogP contribution >= 0.6 is 0 Å². The number of hydrogen-bond donors (Lipinski definition) is 1. The second-order valence-electron chi connectivity index (χ2n) is 6.67. The van der Waals surface area contributed by atoms with Crippen molar-refractivity contribution in [3.8, 4) is 0 Å². The molecule has 0 aliphatic heterocycles. The highest BCUT2D eigenvalue weighted by atomic mass is 19.4. The zero-order valence-corrected chi connectivity index (χ0v) is 14.9. The highest BCUT2D eigenvalue weighted by Crippen LogP contribution is 2.43. The number of aromatic nitrogens is 4. The van der Waals surface area contributed by atoms with Crippen molar-refractivity contribution in [3.05, 3.63) is 35.4 Å². The van der Waals surface area contributed by atoms with Crippen molar-refractivity contribution < 1.29 is 18.0 Å². The number of alkyl halides is 3. The third-order valence-corrected chi connectivity index (χ3v) is 4.58. The number of carbonyl (C=O) groups excluding carboxylic acids is 1. The lowest BCUT2D eigenvalue weighted by molar-refractivity contribution is -0.142. The number of aryl methyl sites for hydroxylation is 1. The van der Waals surface area contributed by atoms with Gasteiger partial charge in [-0.1, -0.05) is 0 Å². The molecular formula is C17H22F3N5O. The summed E-state index contributed by atoms with van der Waals surface area (Å²) in [6, 6.07) is 1.69. The van der Waals surface area contributed by atoms with Gasteiger partial charge in [0.15, 0.2) is 5.69 Å². The number of hydrogen-bond acceptors (Lipinski definition) is 3. The van der Waals surface area contributed by atoms with Crippen molar-refractivity contribution in [1.29, 1.82) is 0 Å². The van der Waals surface area contributed by atoms with Crippen LogP contribution in [0.2, 0.25) is 0 Å². The van der Waals surface area contributed by atoms with E-state index in [0.717, 1.165) is 25.5 Å². The van der Waals surface area contributed by atoms with Crippen LogP contribution in [0.3, 0.4) is 0 Å². The number of nitrogens with zero attached hydrogens (tertiary/aromatic N) is 4. The van der Waals surface area contributed by atoms with Crippen molar-refractivity contribution in [2.75, 3.05) is 0 Å². The van der Waals surface area contributed by atoms with Crippen LogP contribution in [0.4, 0.5) is 13.2 Å². The van der Waals surface area contributed by atoms with Crippen molar-refractivity contribution >= 4 is 5.91 Å². The Labute approximate surface area is 149 Å². The van der Waals surface area contributed by atoms with E-state index >= 15 is 0 Å². The number of amides is 1. The summed E-state index contributed by atoms with van der Waals surface area (Å²) in [5.41, 5.74) is 0.225. The molecule has 9 heteroatoms. The molecule has 1 N–H and O–H groups in total. The van der Waals surface area contributed by atoms with E-state index < -0.39 is 17.9 Å². The van der Waals surface area contributed by atoms with Crippen LogP contribution in [-0.2, 0) is 17.5 Å². The summed E-state index contributed by atoms with van der Waals surface area (Å²) in [4.78, 5) is 12.6. The molecule has 2 aromatic heterocycles. The van der Waals surface area contributed by atoms with Gasteiger partial charge >= 0.3 is 6.18 Å². The van der Waals surface area contributed by atoms with Crippen molar-refractivity contribution in [2.24, 2.45) is 0 Å². The molecule has 2 heterocycles. The van der Waals surface area contributed by atoms with Crippen LogP contribution in [0, 0.1) is 0 Å².